The minimum absolute atomic E-state index is 0.0155. The number of methoxy groups -OCH3 is 1. The lowest BCUT2D eigenvalue weighted by molar-refractivity contribution is -0.149. The van der Waals surface area contributed by atoms with Gasteiger partial charge in [0, 0.05) is 18.6 Å². The number of hydrogen-bond donors (Lipinski definition) is 0. The summed E-state index contributed by atoms with van der Waals surface area (Å²) < 4.78 is 15.8. The molecule has 0 aromatic carbocycles. The Morgan fingerprint density at radius 2 is 1.95 bits per heavy atom. The molecule has 1 saturated carbocycles. The van der Waals surface area contributed by atoms with Gasteiger partial charge in [-0.05, 0) is 40.5 Å². The van der Waals surface area contributed by atoms with E-state index in [-0.39, 0.29) is 17.4 Å². The fourth-order valence-corrected chi connectivity index (χ4v) is 3.15. The summed E-state index contributed by atoms with van der Waals surface area (Å²) in [5, 5.41) is 0. The Kier molecular flexibility index (Phi) is 4.19. The Balaban J connectivity index is 2.15. The summed E-state index contributed by atoms with van der Waals surface area (Å²) >= 11 is 0. The lowest BCUT2D eigenvalue weighted by atomic mass is 10.0. The van der Waals surface area contributed by atoms with Crippen LogP contribution in [0.5, 0.6) is 0 Å². The van der Waals surface area contributed by atoms with Crippen LogP contribution in [0.1, 0.15) is 40.5 Å². The number of esters is 1. The molecule has 2 aliphatic rings. The molecule has 6 nitrogen and oxygen atoms in total. The van der Waals surface area contributed by atoms with Crippen molar-refractivity contribution in [3.63, 3.8) is 0 Å². The summed E-state index contributed by atoms with van der Waals surface area (Å²) in [6.07, 6.45) is 1.00. The zero-order valence-electron chi connectivity index (χ0n) is 13.5. The third kappa shape index (κ3) is 3.15. The molecule has 2 fully saturated rings. The van der Waals surface area contributed by atoms with Crippen molar-refractivity contribution in [1.29, 1.82) is 0 Å². The lowest BCUT2D eigenvalue weighted by Crippen LogP contribution is -2.46. The summed E-state index contributed by atoms with van der Waals surface area (Å²) in [4.78, 5) is 26.1. The van der Waals surface area contributed by atoms with Gasteiger partial charge in [0.05, 0.1) is 13.2 Å². The van der Waals surface area contributed by atoms with Crippen LogP contribution in [0, 0.1) is 5.41 Å². The molecule has 1 aliphatic heterocycles. The number of piperidine rings is 1. The highest BCUT2D eigenvalue weighted by Gasteiger charge is 2.68. The first kappa shape index (κ1) is 16.1. The number of ether oxygens (including phenoxy) is 3. The van der Waals surface area contributed by atoms with Crippen molar-refractivity contribution in [2.24, 2.45) is 5.41 Å². The minimum Gasteiger partial charge on any atom is -0.464 e. The fourth-order valence-electron chi connectivity index (χ4n) is 3.15. The monoisotopic (exact) mass is 299 g/mol. The van der Waals surface area contributed by atoms with Crippen LogP contribution < -0.4 is 0 Å². The first-order chi connectivity index (χ1) is 9.74. The number of hydrogen-bond acceptors (Lipinski definition) is 5. The molecule has 1 amide bonds. The van der Waals surface area contributed by atoms with Gasteiger partial charge in [-0.1, -0.05) is 0 Å². The zero-order chi connectivity index (χ0) is 15.8. The van der Waals surface area contributed by atoms with Crippen molar-refractivity contribution < 1.29 is 23.8 Å². The standard InChI is InChI=1S/C15H25NO5/c1-6-20-12(17)10-7-15(9-19-5)8-11(15)16(10)13(18)21-14(2,3)4/h10-11H,6-9H2,1-5H3/t10-,11-,15+/m0/s1. The van der Waals surface area contributed by atoms with Crippen molar-refractivity contribution in [3.8, 4) is 0 Å². The summed E-state index contributed by atoms with van der Waals surface area (Å²) in [5.41, 5.74) is -0.694. The van der Waals surface area contributed by atoms with Crippen LogP contribution in [0.3, 0.4) is 0 Å². The van der Waals surface area contributed by atoms with Gasteiger partial charge < -0.3 is 14.2 Å². The zero-order valence-corrected chi connectivity index (χ0v) is 13.5. The van der Waals surface area contributed by atoms with Crippen LogP contribution >= 0.6 is 0 Å². The number of carbonyl (C=O) groups is 2. The van der Waals surface area contributed by atoms with Crippen molar-refractivity contribution in [1.82, 2.24) is 4.90 Å². The molecule has 21 heavy (non-hydrogen) atoms. The fraction of sp³-hybridized carbons (Fsp3) is 0.867. The van der Waals surface area contributed by atoms with E-state index >= 15 is 0 Å². The quantitative estimate of drug-likeness (QED) is 0.743. The van der Waals surface area contributed by atoms with Crippen molar-refractivity contribution in [3.05, 3.63) is 0 Å². The first-order valence-electron chi connectivity index (χ1n) is 7.41. The number of amides is 1. The highest BCUT2D eigenvalue weighted by atomic mass is 16.6. The smallest absolute Gasteiger partial charge is 0.411 e. The third-order valence-electron chi connectivity index (χ3n) is 4.01. The Bertz CT molecular complexity index is 430. The van der Waals surface area contributed by atoms with E-state index in [2.05, 4.69) is 0 Å². The predicted octanol–water partition coefficient (Wildman–Crippen LogP) is 1.96. The summed E-state index contributed by atoms with van der Waals surface area (Å²) in [6.45, 7) is 8.06. The van der Waals surface area contributed by atoms with Crippen molar-refractivity contribution in [2.75, 3.05) is 20.3 Å². The summed E-state index contributed by atoms with van der Waals surface area (Å²) in [7, 11) is 1.64. The van der Waals surface area contributed by atoms with Gasteiger partial charge in [-0.3, -0.25) is 4.90 Å². The first-order valence-corrected chi connectivity index (χ1v) is 7.41. The molecule has 2 rings (SSSR count). The van der Waals surface area contributed by atoms with Gasteiger partial charge in [0.25, 0.3) is 0 Å². The van der Waals surface area contributed by atoms with E-state index in [9.17, 15) is 9.59 Å². The van der Waals surface area contributed by atoms with E-state index in [4.69, 9.17) is 14.2 Å². The van der Waals surface area contributed by atoms with Crippen LogP contribution in [0.2, 0.25) is 0 Å². The highest BCUT2D eigenvalue weighted by Crippen LogP contribution is 2.60. The Hall–Kier alpha value is -1.30. The van der Waals surface area contributed by atoms with E-state index < -0.39 is 17.7 Å². The second-order valence-electron chi connectivity index (χ2n) is 6.87. The lowest BCUT2D eigenvalue weighted by Gasteiger charge is -2.29. The van der Waals surface area contributed by atoms with Gasteiger partial charge >= 0.3 is 12.1 Å². The molecule has 1 saturated heterocycles. The number of fused-ring (bicyclic) bond motifs is 1. The molecule has 0 unspecified atom stereocenters. The Labute approximate surface area is 125 Å². The Morgan fingerprint density at radius 3 is 2.48 bits per heavy atom. The molecule has 6 heteroatoms. The van der Waals surface area contributed by atoms with Gasteiger partial charge in [-0.2, -0.15) is 0 Å². The maximum Gasteiger partial charge on any atom is 0.411 e. The SMILES string of the molecule is CCOC(=O)[C@@H]1C[C@]2(COC)C[C@@H]2N1C(=O)OC(C)(C)C. The normalized spacial score (nSPS) is 30.8. The van der Waals surface area contributed by atoms with Gasteiger partial charge in [0.1, 0.15) is 11.6 Å². The molecule has 3 atom stereocenters. The number of carbonyl (C=O) groups excluding carboxylic acids is 2. The second-order valence-corrected chi connectivity index (χ2v) is 6.87. The average Bonchev–Trinajstić information content (AvgIpc) is 2.92. The molecule has 1 heterocycles. The summed E-state index contributed by atoms with van der Waals surface area (Å²) in [5.74, 6) is -0.356. The van der Waals surface area contributed by atoms with E-state index in [1.807, 2.05) is 20.8 Å². The molecule has 0 radical (unpaired) electrons. The van der Waals surface area contributed by atoms with Gasteiger partial charge in [0.2, 0.25) is 0 Å². The van der Waals surface area contributed by atoms with Crippen molar-refractivity contribution in [2.45, 2.75) is 58.2 Å². The molecule has 0 N–H and O–H groups in total. The summed E-state index contributed by atoms with van der Waals surface area (Å²) in [6, 6.07) is -0.546. The van der Waals surface area contributed by atoms with E-state index in [0.717, 1.165) is 6.42 Å². The average molecular weight is 299 g/mol. The van der Waals surface area contributed by atoms with Crippen LogP contribution in [0.4, 0.5) is 4.79 Å². The Morgan fingerprint density at radius 1 is 1.29 bits per heavy atom. The van der Waals surface area contributed by atoms with Crippen LogP contribution in [-0.4, -0.2) is 55.0 Å². The minimum atomic E-state index is -0.586. The van der Waals surface area contributed by atoms with E-state index in [0.29, 0.717) is 19.6 Å². The molecule has 0 bridgehead atoms. The van der Waals surface area contributed by atoms with Crippen LogP contribution in [-0.2, 0) is 19.0 Å². The highest BCUT2D eigenvalue weighted by molar-refractivity contribution is 5.83. The van der Waals surface area contributed by atoms with Crippen LogP contribution in [0.15, 0.2) is 0 Å². The van der Waals surface area contributed by atoms with E-state index in [1.54, 1.807) is 18.9 Å². The molecule has 0 aromatic rings. The van der Waals surface area contributed by atoms with Gasteiger partial charge in [-0.15, -0.1) is 0 Å². The molecule has 0 spiro atoms. The van der Waals surface area contributed by atoms with Gasteiger partial charge in [-0.25, -0.2) is 9.59 Å². The maximum atomic E-state index is 12.4. The largest absolute Gasteiger partial charge is 0.464 e. The molecular formula is C15H25NO5. The third-order valence-corrected chi connectivity index (χ3v) is 4.01. The number of nitrogens with zero attached hydrogens (tertiary/aromatic N) is 1. The molecule has 0 aromatic heterocycles. The van der Waals surface area contributed by atoms with Crippen molar-refractivity contribution >= 4 is 12.1 Å². The molecule has 120 valence electrons. The number of rotatable bonds is 4. The second kappa shape index (κ2) is 5.48. The number of likely N-dealkylation sites (tertiary alicyclic amines) is 1. The maximum absolute atomic E-state index is 12.4. The van der Waals surface area contributed by atoms with Crippen LogP contribution in [0.25, 0.3) is 0 Å². The topological polar surface area (TPSA) is 65.1 Å². The molecular weight excluding hydrogens is 274 g/mol. The predicted molar refractivity (Wildman–Crippen MR) is 75.8 cm³/mol. The van der Waals surface area contributed by atoms with E-state index in [1.165, 1.54) is 0 Å². The molecule has 1 aliphatic carbocycles. The van der Waals surface area contributed by atoms with Gasteiger partial charge in [0.15, 0.2) is 0 Å².